The van der Waals surface area contributed by atoms with Crippen LogP contribution in [0.15, 0.2) is 16.9 Å². The Kier molecular flexibility index (Phi) is 6.61. The zero-order valence-electron chi connectivity index (χ0n) is 16.5. The predicted molar refractivity (Wildman–Crippen MR) is 109 cm³/mol. The average molecular weight is 515 g/mol. The molecule has 0 aliphatic heterocycles. The Bertz CT molecular complexity index is 1470. The van der Waals surface area contributed by atoms with Gasteiger partial charge in [-0.15, -0.1) is 0 Å². The van der Waals surface area contributed by atoms with Gasteiger partial charge in [0.1, 0.15) is 17.6 Å². The van der Waals surface area contributed by atoms with E-state index in [1.165, 1.54) is 6.07 Å². The molecular formula is C16H14F4N4O5S3. The molecule has 16 heteroatoms. The molecule has 1 N–H and O–H groups in total. The van der Waals surface area contributed by atoms with Crippen molar-refractivity contribution in [3.63, 3.8) is 0 Å². The molecule has 0 amide bonds. The molecule has 2 aromatic rings. The number of benzene rings is 1. The van der Waals surface area contributed by atoms with Gasteiger partial charge < -0.3 is 4.57 Å². The third-order valence-electron chi connectivity index (χ3n) is 4.18. The molecule has 0 aliphatic carbocycles. The number of alkyl halides is 3. The standard InChI is InChI=1S/C16H14F4N4O5S3/c1-4-32(28,29)24(31(3,26)27)11-6-9(10(17)5-8(11)7-21)12-13(16(18,19)20)23(2)15(30)22-14(12)25/h5-6H,4H2,1-3H3,(H,22,25,30). The van der Waals surface area contributed by atoms with Crippen molar-refractivity contribution < 1.29 is 34.4 Å². The topological polar surface area (TPSA) is 133 Å². The van der Waals surface area contributed by atoms with Crippen molar-refractivity contribution >= 4 is 38.0 Å². The molecule has 174 valence electrons. The van der Waals surface area contributed by atoms with Gasteiger partial charge >= 0.3 is 6.18 Å². The highest BCUT2D eigenvalue weighted by Crippen LogP contribution is 2.38. The first-order chi connectivity index (χ1) is 14.5. The Morgan fingerprint density at radius 2 is 1.81 bits per heavy atom. The normalized spacial score (nSPS) is 12.4. The van der Waals surface area contributed by atoms with Gasteiger partial charge in [0.2, 0.25) is 20.0 Å². The minimum atomic E-state index is -5.21. The number of anilines is 1. The van der Waals surface area contributed by atoms with Gasteiger partial charge in [-0.05, 0) is 31.3 Å². The van der Waals surface area contributed by atoms with Crippen molar-refractivity contribution in [1.29, 1.82) is 5.26 Å². The van der Waals surface area contributed by atoms with Crippen LogP contribution in [0.2, 0.25) is 0 Å². The number of nitrogens with one attached hydrogen (secondary N) is 1. The Labute approximate surface area is 184 Å². The van der Waals surface area contributed by atoms with Gasteiger partial charge in [0.05, 0.1) is 28.8 Å². The third kappa shape index (κ3) is 4.54. The summed E-state index contributed by atoms with van der Waals surface area (Å²) in [5.41, 5.74) is -7.23. The van der Waals surface area contributed by atoms with Crippen LogP contribution in [-0.4, -0.2) is 38.4 Å². The molecule has 0 aliphatic rings. The molecule has 1 aromatic heterocycles. The highest BCUT2D eigenvalue weighted by atomic mass is 32.3. The molecule has 0 radical (unpaired) electrons. The highest BCUT2D eigenvalue weighted by Gasteiger charge is 2.40. The predicted octanol–water partition coefficient (Wildman–Crippen LogP) is 2.26. The van der Waals surface area contributed by atoms with Crippen molar-refractivity contribution in [3.05, 3.63) is 44.3 Å². The molecule has 1 aromatic carbocycles. The second-order valence-corrected chi connectivity index (χ2v) is 10.9. The fourth-order valence-corrected chi connectivity index (χ4v) is 6.19. The van der Waals surface area contributed by atoms with Crippen LogP contribution in [0.25, 0.3) is 11.1 Å². The fraction of sp³-hybridized carbons (Fsp3) is 0.312. The number of aromatic nitrogens is 2. The lowest BCUT2D eigenvalue weighted by Crippen LogP contribution is -2.38. The van der Waals surface area contributed by atoms with Crippen molar-refractivity contribution in [3.8, 4) is 17.2 Å². The SMILES string of the molecule is CCS(=O)(=O)N(c1cc(-c2c(C(F)(F)F)n(C)c(=S)[nH]c2=O)c(F)cc1C#N)S(C)(=O)=O. The van der Waals surface area contributed by atoms with Crippen LogP contribution in [0, 0.1) is 21.9 Å². The minimum Gasteiger partial charge on any atom is -0.317 e. The Morgan fingerprint density at radius 3 is 2.25 bits per heavy atom. The summed E-state index contributed by atoms with van der Waals surface area (Å²) in [4.78, 5) is 14.3. The first-order valence-corrected chi connectivity index (χ1v) is 12.2. The first kappa shape index (κ1) is 25.5. The van der Waals surface area contributed by atoms with Gasteiger partial charge in [-0.2, -0.15) is 22.1 Å². The van der Waals surface area contributed by atoms with E-state index in [1.54, 1.807) is 0 Å². The molecule has 0 unspecified atom stereocenters. The molecule has 0 saturated carbocycles. The van der Waals surface area contributed by atoms with Crippen LogP contribution >= 0.6 is 12.2 Å². The number of halogens is 4. The molecule has 0 saturated heterocycles. The van der Waals surface area contributed by atoms with E-state index in [1.807, 2.05) is 4.98 Å². The molecule has 32 heavy (non-hydrogen) atoms. The van der Waals surface area contributed by atoms with E-state index in [9.17, 15) is 44.5 Å². The van der Waals surface area contributed by atoms with Gasteiger partial charge in [0.25, 0.3) is 5.56 Å². The van der Waals surface area contributed by atoms with Crippen LogP contribution < -0.4 is 9.27 Å². The molecule has 0 fully saturated rings. The number of sulfonamides is 2. The monoisotopic (exact) mass is 514 g/mol. The maximum absolute atomic E-state index is 14.8. The Morgan fingerprint density at radius 1 is 1.25 bits per heavy atom. The minimum absolute atomic E-state index is 0.190. The van der Waals surface area contributed by atoms with Gasteiger partial charge in [-0.3, -0.25) is 9.78 Å². The van der Waals surface area contributed by atoms with Crippen LogP contribution in [-0.2, 0) is 33.3 Å². The summed E-state index contributed by atoms with van der Waals surface area (Å²) in [7, 11) is -8.43. The van der Waals surface area contributed by atoms with Crippen molar-refractivity contribution in [2.45, 2.75) is 13.1 Å². The quantitative estimate of drug-likeness (QED) is 0.478. The van der Waals surface area contributed by atoms with E-state index < -0.39 is 76.2 Å². The van der Waals surface area contributed by atoms with Gasteiger partial charge in [0.15, 0.2) is 4.77 Å². The number of aromatic amines is 1. The van der Waals surface area contributed by atoms with Crippen molar-refractivity contribution in [1.82, 2.24) is 9.55 Å². The zero-order valence-corrected chi connectivity index (χ0v) is 18.9. The number of H-pyrrole nitrogens is 1. The molecule has 2 rings (SSSR count). The van der Waals surface area contributed by atoms with Gasteiger partial charge in [-0.1, -0.05) is 0 Å². The number of nitriles is 1. The lowest BCUT2D eigenvalue weighted by atomic mass is 10.0. The molecule has 0 bridgehead atoms. The van der Waals surface area contributed by atoms with Gasteiger partial charge in [-0.25, -0.2) is 21.2 Å². The fourth-order valence-electron chi connectivity index (χ4n) is 2.85. The Balaban J connectivity index is 3.15. The maximum Gasteiger partial charge on any atom is 0.432 e. The van der Waals surface area contributed by atoms with E-state index in [2.05, 4.69) is 12.2 Å². The molecular weight excluding hydrogens is 500 g/mol. The first-order valence-electron chi connectivity index (χ1n) is 8.35. The summed E-state index contributed by atoms with van der Waals surface area (Å²) in [6.45, 7) is 1.08. The van der Waals surface area contributed by atoms with Crippen LogP contribution in [0.4, 0.5) is 23.2 Å². The summed E-state index contributed by atoms with van der Waals surface area (Å²) >= 11 is 4.66. The van der Waals surface area contributed by atoms with E-state index in [4.69, 9.17) is 0 Å². The van der Waals surface area contributed by atoms with E-state index in [0.29, 0.717) is 23.0 Å². The lowest BCUT2D eigenvalue weighted by molar-refractivity contribution is -0.143. The molecule has 1 heterocycles. The van der Waals surface area contributed by atoms with Crippen LogP contribution in [0.5, 0.6) is 0 Å². The number of rotatable bonds is 5. The summed E-state index contributed by atoms with van der Waals surface area (Å²) in [5.74, 6) is -2.27. The number of hydrogen-bond acceptors (Lipinski definition) is 7. The van der Waals surface area contributed by atoms with Crippen LogP contribution in [0.3, 0.4) is 0 Å². The summed E-state index contributed by atoms with van der Waals surface area (Å²) in [6, 6.07) is 2.14. The van der Waals surface area contributed by atoms with E-state index in [-0.39, 0.29) is 3.71 Å². The van der Waals surface area contributed by atoms with Crippen molar-refractivity contribution in [2.75, 3.05) is 15.7 Å². The van der Waals surface area contributed by atoms with E-state index >= 15 is 0 Å². The van der Waals surface area contributed by atoms with E-state index in [0.717, 1.165) is 14.0 Å². The highest BCUT2D eigenvalue weighted by molar-refractivity contribution is 8.09. The molecule has 0 spiro atoms. The Hall–Kier alpha value is -2.77. The second kappa shape index (κ2) is 8.30. The summed E-state index contributed by atoms with van der Waals surface area (Å²) in [6.07, 6.45) is -4.73. The average Bonchev–Trinajstić information content (AvgIpc) is 2.63. The summed E-state index contributed by atoms with van der Waals surface area (Å²) in [5, 5.41) is 9.28. The summed E-state index contributed by atoms with van der Waals surface area (Å²) < 4.78 is 105. The van der Waals surface area contributed by atoms with Crippen LogP contribution in [0.1, 0.15) is 18.2 Å². The largest absolute Gasteiger partial charge is 0.432 e. The lowest BCUT2D eigenvalue weighted by Gasteiger charge is -2.23. The third-order valence-corrected chi connectivity index (χ3v) is 8.28. The second-order valence-electron chi connectivity index (χ2n) is 6.36. The maximum atomic E-state index is 14.8. The number of nitrogens with zero attached hydrogens (tertiary/aromatic N) is 3. The molecule has 9 nitrogen and oxygen atoms in total. The van der Waals surface area contributed by atoms with Crippen molar-refractivity contribution in [2.24, 2.45) is 7.05 Å². The van der Waals surface area contributed by atoms with Gasteiger partial charge in [0, 0.05) is 12.6 Å². The molecule has 0 atom stereocenters. The smallest absolute Gasteiger partial charge is 0.317 e. The number of hydrogen-bond donors (Lipinski definition) is 1. The zero-order chi connectivity index (χ0) is 24.8.